The summed E-state index contributed by atoms with van der Waals surface area (Å²) in [4.78, 5) is 32.7. The molecular weight excluding hydrogens is 389 g/mol. The summed E-state index contributed by atoms with van der Waals surface area (Å²) >= 11 is 0. The fourth-order valence-electron chi connectivity index (χ4n) is 4.20. The number of anilines is 2. The Morgan fingerprint density at radius 1 is 1.31 bits per heavy atom. The molecule has 1 aromatic heterocycles. The van der Waals surface area contributed by atoms with Crippen LogP contribution in [0, 0.1) is 5.41 Å². The lowest BCUT2D eigenvalue weighted by atomic mass is 9.90. The molecule has 4 rings (SSSR count). The number of hydrogen-bond donors (Lipinski definition) is 0. The quantitative estimate of drug-likeness (QED) is 0.754. The van der Waals surface area contributed by atoms with Crippen LogP contribution in [0.2, 0.25) is 0 Å². The topological polar surface area (TPSA) is 67.7 Å². The number of ketones is 1. The van der Waals surface area contributed by atoms with Crippen molar-refractivity contribution in [3.05, 3.63) is 16.4 Å². The van der Waals surface area contributed by atoms with E-state index in [1.807, 2.05) is 4.90 Å². The van der Waals surface area contributed by atoms with Crippen molar-refractivity contribution >= 4 is 17.5 Å². The van der Waals surface area contributed by atoms with Gasteiger partial charge in [-0.3, -0.25) is 14.2 Å². The minimum Gasteiger partial charge on any atom is -0.374 e. The number of halogens is 3. The van der Waals surface area contributed by atoms with Gasteiger partial charge < -0.3 is 14.5 Å². The highest BCUT2D eigenvalue weighted by Crippen LogP contribution is 2.36. The van der Waals surface area contributed by atoms with Gasteiger partial charge in [0, 0.05) is 24.6 Å². The summed E-state index contributed by atoms with van der Waals surface area (Å²) < 4.78 is 48.1. The lowest BCUT2D eigenvalue weighted by molar-refractivity contribution is -0.153. The maximum atomic E-state index is 13.8. The van der Waals surface area contributed by atoms with Crippen molar-refractivity contribution in [3.63, 3.8) is 0 Å². The minimum atomic E-state index is -4.53. The first-order valence-corrected chi connectivity index (χ1v) is 9.82. The average molecular weight is 414 g/mol. The predicted octanol–water partition coefficient (Wildman–Crippen LogP) is 1.98. The number of carbonyl (C=O) groups is 1. The fourth-order valence-corrected chi connectivity index (χ4v) is 4.20. The molecular formula is C19H25F3N4O3. The standard InChI is InChI=1S/C19H25F3N4O3/c1-18(2,3)14(27)9-26-13(19(20,21)22)4-5-24-16(28)7-15(23-17(24)26)25-8-12-6-11(25)10-29-12/h7,11-13H,4-6,8-10H2,1-3H3/t11-,12-,13-/m0/s1. The van der Waals surface area contributed by atoms with Crippen LogP contribution in [0.1, 0.15) is 33.6 Å². The molecule has 4 heterocycles. The molecule has 0 aliphatic carbocycles. The Hall–Kier alpha value is -2.10. The van der Waals surface area contributed by atoms with Gasteiger partial charge in [0.15, 0.2) is 5.78 Å². The molecule has 3 aliphatic rings. The van der Waals surface area contributed by atoms with Crippen LogP contribution in [0.25, 0.3) is 0 Å². The molecule has 3 aliphatic heterocycles. The summed E-state index contributed by atoms with van der Waals surface area (Å²) in [7, 11) is 0. The average Bonchev–Trinajstić information content (AvgIpc) is 3.23. The second-order valence-electron chi connectivity index (χ2n) is 9.05. The van der Waals surface area contributed by atoms with E-state index in [-0.39, 0.29) is 36.8 Å². The Labute approximate surface area is 166 Å². The van der Waals surface area contributed by atoms with Crippen molar-refractivity contribution in [2.75, 3.05) is 29.5 Å². The molecule has 0 radical (unpaired) electrons. The van der Waals surface area contributed by atoms with Gasteiger partial charge in [0.2, 0.25) is 5.95 Å². The molecule has 0 aromatic carbocycles. The molecule has 0 unspecified atom stereocenters. The van der Waals surface area contributed by atoms with Crippen LogP contribution < -0.4 is 15.4 Å². The van der Waals surface area contributed by atoms with Crippen molar-refractivity contribution in [2.24, 2.45) is 5.41 Å². The second-order valence-corrected chi connectivity index (χ2v) is 9.05. The van der Waals surface area contributed by atoms with Crippen LogP contribution in [0.5, 0.6) is 0 Å². The van der Waals surface area contributed by atoms with Gasteiger partial charge in [-0.1, -0.05) is 20.8 Å². The predicted molar refractivity (Wildman–Crippen MR) is 100 cm³/mol. The number of aromatic nitrogens is 2. The van der Waals surface area contributed by atoms with E-state index in [0.717, 1.165) is 11.3 Å². The van der Waals surface area contributed by atoms with Gasteiger partial charge in [-0.25, -0.2) is 0 Å². The van der Waals surface area contributed by atoms with Gasteiger partial charge >= 0.3 is 6.18 Å². The summed E-state index contributed by atoms with van der Waals surface area (Å²) in [5.41, 5.74) is -1.20. The number of ether oxygens (including phenoxy) is 1. The maximum Gasteiger partial charge on any atom is 0.408 e. The summed E-state index contributed by atoms with van der Waals surface area (Å²) in [5.74, 6) is -0.0658. The molecule has 2 bridgehead atoms. The molecule has 10 heteroatoms. The molecule has 2 fully saturated rings. The smallest absolute Gasteiger partial charge is 0.374 e. The monoisotopic (exact) mass is 414 g/mol. The van der Waals surface area contributed by atoms with E-state index in [9.17, 15) is 22.8 Å². The van der Waals surface area contributed by atoms with Gasteiger partial charge in [0.1, 0.15) is 11.9 Å². The van der Waals surface area contributed by atoms with Gasteiger partial charge in [-0.05, 0) is 12.8 Å². The number of carbonyl (C=O) groups excluding carboxylic acids is 1. The SMILES string of the molecule is CC(C)(C)C(=O)CN1c2nc(N3C[C@@H]4C[C@H]3CO4)cc(=O)n2CC[C@H]1C(F)(F)F. The Balaban J connectivity index is 1.76. The van der Waals surface area contributed by atoms with Crippen molar-refractivity contribution in [2.45, 2.75) is 64.5 Å². The highest BCUT2D eigenvalue weighted by atomic mass is 19.4. The third-order valence-corrected chi connectivity index (χ3v) is 5.96. The molecule has 1 aromatic rings. The van der Waals surface area contributed by atoms with Crippen LogP contribution in [0.4, 0.5) is 24.9 Å². The third-order valence-electron chi connectivity index (χ3n) is 5.96. The molecule has 3 atom stereocenters. The first-order chi connectivity index (χ1) is 13.4. The molecule has 160 valence electrons. The lowest BCUT2D eigenvalue weighted by Crippen LogP contribution is -2.55. The summed E-state index contributed by atoms with van der Waals surface area (Å²) in [6.07, 6.45) is -3.95. The first-order valence-electron chi connectivity index (χ1n) is 9.82. The number of rotatable bonds is 3. The first kappa shape index (κ1) is 20.2. The van der Waals surface area contributed by atoms with Crippen LogP contribution >= 0.6 is 0 Å². The van der Waals surface area contributed by atoms with E-state index in [1.54, 1.807) is 20.8 Å². The van der Waals surface area contributed by atoms with Crippen LogP contribution in [0.3, 0.4) is 0 Å². The number of hydrogen-bond acceptors (Lipinski definition) is 6. The zero-order valence-electron chi connectivity index (χ0n) is 16.7. The lowest BCUT2D eigenvalue weighted by Gasteiger charge is -2.40. The largest absolute Gasteiger partial charge is 0.408 e. The minimum absolute atomic E-state index is 0.0575. The Morgan fingerprint density at radius 3 is 2.59 bits per heavy atom. The number of nitrogens with zero attached hydrogens (tertiary/aromatic N) is 4. The maximum absolute atomic E-state index is 13.8. The molecule has 2 saturated heterocycles. The molecule has 0 N–H and O–H groups in total. The van der Waals surface area contributed by atoms with E-state index in [2.05, 4.69) is 4.98 Å². The highest BCUT2D eigenvalue weighted by Gasteiger charge is 2.48. The van der Waals surface area contributed by atoms with E-state index in [4.69, 9.17) is 4.74 Å². The van der Waals surface area contributed by atoms with Crippen LogP contribution in [0.15, 0.2) is 10.9 Å². The third kappa shape index (κ3) is 3.62. The van der Waals surface area contributed by atoms with Crippen molar-refractivity contribution in [1.82, 2.24) is 9.55 Å². The van der Waals surface area contributed by atoms with Crippen LogP contribution in [-0.4, -0.2) is 59.4 Å². The van der Waals surface area contributed by atoms with E-state index < -0.39 is 29.7 Å². The zero-order chi connectivity index (χ0) is 21.1. The number of Topliss-reactive ketones (excluding diaryl/α,β-unsaturated/α-hetero) is 1. The van der Waals surface area contributed by atoms with Gasteiger partial charge in [0.05, 0.1) is 25.3 Å². The van der Waals surface area contributed by atoms with Gasteiger partial charge in [0.25, 0.3) is 5.56 Å². The van der Waals surface area contributed by atoms with Gasteiger partial charge in [-0.15, -0.1) is 0 Å². The summed E-state index contributed by atoms with van der Waals surface area (Å²) in [6, 6.07) is -0.405. The Morgan fingerprint density at radius 2 is 2.03 bits per heavy atom. The molecule has 0 spiro atoms. The molecule has 0 saturated carbocycles. The van der Waals surface area contributed by atoms with E-state index >= 15 is 0 Å². The van der Waals surface area contributed by atoms with Crippen molar-refractivity contribution < 1.29 is 22.7 Å². The van der Waals surface area contributed by atoms with Gasteiger partial charge in [-0.2, -0.15) is 18.2 Å². The fraction of sp³-hybridized carbons (Fsp3) is 0.737. The molecule has 0 amide bonds. The number of alkyl halides is 3. The summed E-state index contributed by atoms with van der Waals surface area (Å²) in [6.45, 7) is 5.55. The molecule has 29 heavy (non-hydrogen) atoms. The van der Waals surface area contributed by atoms with E-state index in [1.165, 1.54) is 10.6 Å². The van der Waals surface area contributed by atoms with Crippen molar-refractivity contribution in [1.29, 1.82) is 0 Å². The normalized spacial score (nSPS) is 26.8. The molecule has 7 nitrogen and oxygen atoms in total. The number of fused-ring (bicyclic) bond motifs is 3. The Bertz CT molecular complexity index is 877. The van der Waals surface area contributed by atoms with Crippen molar-refractivity contribution in [3.8, 4) is 0 Å². The Kier molecular flexibility index (Phi) is 4.67. The highest BCUT2D eigenvalue weighted by molar-refractivity contribution is 5.88. The zero-order valence-corrected chi connectivity index (χ0v) is 16.7. The van der Waals surface area contributed by atoms with Crippen LogP contribution in [-0.2, 0) is 16.1 Å². The summed E-state index contributed by atoms with van der Waals surface area (Å²) in [5, 5.41) is 0. The van der Waals surface area contributed by atoms with E-state index in [0.29, 0.717) is 19.0 Å². The number of morpholine rings is 1. The second kappa shape index (κ2) is 6.72.